The average molecular weight is 308 g/mol. The number of nitrogens with one attached hydrogen (secondary N) is 1. The smallest absolute Gasteiger partial charge is 0.317 e. The molecule has 8 heteroatoms. The largest absolute Gasteiger partial charge is 0.481 e. The number of carboxylic acids is 1. The number of nitrogens with zero attached hydrogens (tertiary/aromatic N) is 1. The van der Waals surface area contributed by atoms with Crippen LogP contribution in [0.15, 0.2) is 0 Å². The summed E-state index contributed by atoms with van der Waals surface area (Å²) in [5.74, 6) is -0.986. The van der Waals surface area contributed by atoms with Gasteiger partial charge < -0.3 is 15.3 Å². The van der Waals surface area contributed by atoms with Gasteiger partial charge >= 0.3 is 12.0 Å². The number of hydrogen-bond donors (Lipinski definition) is 2. The first-order valence-corrected chi connectivity index (χ1v) is 8.23. The lowest BCUT2D eigenvalue weighted by Gasteiger charge is -2.29. The summed E-state index contributed by atoms with van der Waals surface area (Å²) in [7, 11) is -3.30. The number of carboxylic acid groups (broad SMARTS) is 1. The van der Waals surface area contributed by atoms with Gasteiger partial charge in [0, 0.05) is 25.4 Å². The zero-order chi connectivity index (χ0) is 16.1. The highest BCUT2D eigenvalue weighted by Gasteiger charge is 2.31. The number of carbonyl (C=O) groups excluding carboxylic acids is 1. The van der Waals surface area contributed by atoms with Gasteiger partial charge in [-0.15, -0.1) is 0 Å². The lowest BCUT2D eigenvalue weighted by atomic mass is 10.2. The molecule has 0 atom stereocenters. The van der Waals surface area contributed by atoms with Crippen molar-refractivity contribution >= 4 is 21.8 Å². The molecule has 0 rings (SSSR count). The number of carbonyl (C=O) groups is 2. The summed E-state index contributed by atoms with van der Waals surface area (Å²) < 4.78 is 22.0. The highest BCUT2D eigenvalue weighted by atomic mass is 32.2. The maximum absolute atomic E-state index is 12.0. The third-order valence-corrected chi connectivity index (χ3v) is 5.27. The molecule has 0 radical (unpaired) electrons. The van der Waals surface area contributed by atoms with E-state index in [4.69, 9.17) is 5.11 Å². The first-order valence-electron chi connectivity index (χ1n) is 6.34. The van der Waals surface area contributed by atoms with Crippen LogP contribution in [0.4, 0.5) is 4.79 Å². The Hall–Kier alpha value is -1.31. The summed E-state index contributed by atoms with van der Waals surface area (Å²) in [5, 5.41) is 11.2. The van der Waals surface area contributed by atoms with Crippen molar-refractivity contribution in [2.45, 2.75) is 44.9 Å². The normalized spacial score (nSPS) is 12.3. The minimum atomic E-state index is -3.30. The van der Waals surface area contributed by atoms with Gasteiger partial charge in [0.15, 0.2) is 9.84 Å². The van der Waals surface area contributed by atoms with Crippen molar-refractivity contribution < 1.29 is 23.1 Å². The van der Waals surface area contributed by atoms with E-state index in [-0.39, 0.29) is 25.6 Å². The lowest BCUT2D eigenvalue weighted by Crippen LogP contribution is -2.50. The third kappa shape index (κ3) is 5.77. The van der Waals surface area contributed by atoms with E-state index in [9.17, 15) is 18.0 Å². The molecule has 0 bridgehead atoms. The van der Waals surface area contributed by atoms with E-state index in [1.165, 1.54) is 18.7 Å². The molecule has 2 N–H and O–H groups in total. The molecular formula is C12H24N2O5S. The van der Waals surface area contributed by atoms with E-state index >= 15 is 0 Å². The number of sulfone groups is 1. The number of rotatable bonds is 7. The van der Waals surface area contributed by atoms with Gasteiger partial charge in [-0.2, -0.15) is 0 Å². The molecule has 0 aromatic carbocycles. The van der Waals surface area contributed by atoms with Crippen LogP contribution in [0.1, 0.15) is 34.1 Å². The van der Waals surface area contributed by atoms with Crippen LogP contribution in [0, 0.1) is 0 Å². The van der Waals surface area contributed by atoms with Gasteiger partial charge in [-0.3, -0.25) is 4.79 Å². The van der Waals surface area contributed by atoms with Crippen LogP contribution < -0.4 is 5.32 Å². The Morgan fingerprint density at radius 1 is 1.30 bits per heavy atom. The first-order chi connectivity index (χ1) is 8.88. The van der Waals surface area contributed by atoms with Gasteiger partial charge in [-0.05, 0) is 27.7 Å². The van der Waals surface area contributed by atoms with Crippen LogP contribution in [0.5, 0.6) is 0 Å². The number of amides is 2. The van der Waals surface area contributed by atoms with Crippen LogP contribution in [0.2, 0.25) is 0 Å². The van der Waals surface area contributed by atoms with E-state index < -0.39 is 26.6 Å². The zero-order valence-corrected chi connectivity index (χ0v) is 13.5. The van der Waals surface area contributed by atoms with Crippen LogP contribution in [0.3, 0.4) is 0 Å². The highest BCUT2D eigenvalue weighted by Crippen LogP contribution is 2.13. The van der Waals surface area contributed by atoms with Gasteiger partial charge in [-0.25, -0.2) is 13.2 Å². The second kappa shape index (κ2) is 6.92. The van der Waals surface area contributed by atoms with E-state index in [0.29, 0.717) is 0 Å². The van der Waals surface area contributed by atoms with Crippen molar-refractivity contribution in [1.29, 1.82) is 0 Å². The number of urea groups is 1. The Bertz CT molecular complexity index is 456. The molecule has 0 aliphatic rings. The first kappa shape index (κ1) is 18.7. The Balaban J connectivity index is 4.67. The van der Waals surface area contributed by atoms with Crippen LogP contribution >= 0.6 is 0 Å². The van der Waals surface area contributed by atoms with Gasteiger partial charge in [0.05, 0.1) is 11.2 Å². The molecule has 0 aromatic heterocycles. The summed E-state index contributed by atoms with van der Waals surface area (Å²) in [6.07, 6.45) is 0.963. The summed E-state index contributed by atoms with van der Waals surface area (Å²) >= 11 is 0. The monoisotopic (exact) mass is 308 g/mol. The molecule has 20 heavy (non-hydrogen) atoms. The maximum atomic E-state index is 12.0. The molecule has 118 valence electrons. The molecular weight excluding hydrogens is 284 g/mol. The highest BCUT2D eigenvalue weighted by molar-refractivity contribution is 7.92. The predicted octanol–water partition coefficient (Wildman–Crippen LogP) is 0.704. The Morgan fingerprint density at radius 3 is 2.15 bits per heavy atom. The molecule has 0 spiro atoms. The molecule has 0 aliphatic heterocycles. The van der Waals surface area contributed by atoms with Gasteiger partial charge in [0.25, 0.3) is 0 Å². The van der Waals surface area contributed by atoms with Crippen molar-refractivity contribution in [3.05, 3.63) is 0 Å². The molecule has 0 saturated heterocycles. The molecule has 0 fully saturated rings. The van der Waals surface area contributed by atoms with E-state index in [0.717, 1.165) is 6.26 Å². The summed E-state index contributed by atoms with van der Waals surface area (Å²) in [4.78, 5) is 23.9. The Labute approximate surface area is 120 Å². The SMILES string of the molecule is CC(C)N(CCC(=O)O)C(=O)NCC(C)(C)S(C)(=O)=O. The second-order valence-corrected chi connectivity index (χ2v) is 8.27. The Kier molecular flexibility index (Phi) is 6.46. The second-order valence-electron chi connectivity index (χ2n) is 5.62. The zero-order valence-electron chi connectivity index (χ0n) is 12.6. The number of aliphatic carboxylic acids is 1. The van der Waals surface area contributed by atoms with Crippen molar-refractivity contribution in [2.75, 3.05) is 19.3 Å². The van der Waals surface area contributed by atoms with Gasteiger partial charge in [0.2, 0.25) is 0 Å². The predicted molar refractivity (Wildman–Crippen MR) is 76.4 cm³/mol. The van der Waals surface area contributed by atoms with Crippen molar-refractivity contribution in [3.8, 4) is 0 Å². The average Bonchev–Trinajstić information content (AvgIpc) is 2.24. The van der Waals surface area contributed by atoms with Crippen molar-refractivity contribution in [2.24, 2.45) is 0 Å². The molecule has 0 aromatic rings. The number of hydrogen-bond acceptors (Lipinski definition) is 4. The topological polar surface area (TPSA) is 104 Å². The van der Waals surface area contributed by atoms with Crippen molar-refractivity contribution in [1.82, 2.24) is 10.2 Å². The van der Waals surface area contributed by atoms with Crippen LogP contribution in [0.25, 0.3) is 0 Å². The van der Waals surface area contributed by atoms with Crippen LogP contribution in [-0.4, -0.2) is 60.6 Å². The Morgan fingerprint density at radius 2 is 1.80 bits per heavy atom. The van der Waals surface area contributed by atoms with E-state index in [1.54, 1.807) is 13.8 Å². The fraction of sp³-hybridized carbons (Fsp3) is 0.833. The molecule has 0 unspecified atom stereocenters. The molecule has 0 aliphatic carbocycles. The minimum Gasteiger partial charge on any atom is -0.481 e. The summed E-state index contributed by atoms with van der Waals surface area (Å²) in [5.41, 5.74) is 0. The fourth-order valence-electron chi connectivity index (χ4n) is 1.33. The molecule has 0 saturated carbocycles. The van der Waals surface area contributed by atoms with Gasteiger partial charge in [-0.1, -0.05) is 0 Å². The lowest BCUT2D eigenvalue weighted by molar-refractivity contribution is -0.137. The minimum absolute atomic E-state index is 0.0268. The van der Waals surface area contributed by atoms with E-state index in [1.807, 2.05) is 0 Å². The molecule has 7 nitrogen and oxygen atoms in total. The summed E-state index contributed by atoms with van der Waals surface area (Å²) in [6, 6.07) is -0.631. The molecule has 2 amide bonds. The fourth-order valence-corrected chi connectivity index (χ4v) is 1.67. The standard InChI is InChI=1S/C12H24N2O5S/c1-9(2)14(7-6-10(15)16)11(17)13-8-12(3,4)20(5,18)19/h9H,6-8H2,1-5H3,(H,13,17)(H,15,16). The van der Waals surface area contributed by atoms with Crippen molar-refractivity contribution in [3.63, 3.8) is 0 Å². The van der Waals surface area contributed by atoms with E-state index in [2.05, 4.69) is 5.32 Å². The molecule has 0 heterocycles. The van der Waals surface area contributed by atoms with Crippen LogP contribution in [-0.2, 0) is 14.6 Å². The van der Waals surface area contributed by atoms with Gasteiger partial charge in [0.1, 0.15) is 0 Å². The maximum Gasteiger partial charge on any atom is 0.317 e. The summed E-state index contributed by atoms with van der Waals surface area (Å²) in [6.45, 7) is 6.64. The third-order valence-electron chi connectivity index (χ3n) is 3.12. The quantitative estimate of drug-likeness (QED) is 0.720.